The third kappa shape index (κ3) is 3.36. The van der Waals surface area contributed by atoms with Gasteiger partial charge in [-0.1, -0.05) is 18.2 Å². The molecule has 0 saturated carbocycles. The van der Waals surface area contributed by atoms with Crippen LogP contribution in [0.3, 0.4) is 0 Å². The van der Waals surface area contributed by atoms with Crippen LogP contribution < -0.4 is 16.4 Å². The van der Waals surface area contributed by atoms with Crippen molar-refractivity contribution in [2.45, 2.75) is 55.4 Å². The van der Waals surface area contributed by atoms with Crippen molar-refractivity contribution in [2.75, 3.05) is 5.32 Å². The number of amides is 3. The zero-order chi connectivity index (χ0) is 21.7. The van der Waals surface area contributed by atoms with Crippen LogP contribution >= 0.6 is 11.8 Å². The van der Waals surface area contributed by atoms with Crippen molar-refractivity contribution in [3.05, 3.63) is 29.8 Å². The number of β-lactam (4-membered cyclic amide) rings is 1. The Labute approximate surface area is 172 Å². The number of nitrogens with one attached hydrogen (secondary N) is 2. The van der Waals surface area contributed by atoms with Gasteiger partial charge in [-0.15, -0.1) is 11.8 Å². The zero-order valence-corrected chi connectivity index (χ0v) is 17.4. The van der Waals surface area contributed by atoms with Crippen LogP contribution in [-0.4, -0.2) is 55.4 Å². The van der Waals surface area contributed by atoms with E-state index in [1.807, 2.05) is 0 Å². The van der Waals surface area contributed by atoms with Crippen molar-refractivity contribution in [1.29, 1.82) is 0 Å². The molecule has 156 valence electrons. The first-order valence-electron chi connectivity index (χ1n) is 9.07. The van der Waals surface area contributed by atoms with E-state index >= 15 is 0 Å². The second-order valence-corrected chi connectivity index (χ2v) is 9.70. The number of para-hydroxylation sites is 1. The number of carboxylic acid groups (broad SMARTS) is 1. The molecule has 0 spiro atoms. The summed E-state index contributed by atoms with van der Waals surface area (Å²) in [5.41, 5.74) is 5.69. The van der Waals surface area contributed by atoms with Gasteiger partial charge in [0, 0.05) is 22.9 Å². The van der Waals surface area contributed by atoms with Crippen LogP contribution in [0.5, 0.6) is 0 Å². The van der Waals surface area contributed by atoms with E-state index in [9.17, 15) is 24.3 Å². The van der Waals surface area contributed by atoms with Crippen LogP contribution in [0.15, 0.2) is 24.3 Å². The van der Waals surface area contributed by atoms with Crippen molar-refractivity contribution < 1.29 is 24.3 Å². The maximum absolute atomic E-state index is 12.9. The van der Waals surface area contributed by atoms with Gasteiger partial charge in [-0.05, 0) is 26.8 Å². The molecule has 2 fully saturated rings. The van der Waals surface area contributed by atoms with E-state index in [0.717, 1.165) is 0 Å². The van der Waals surface area contributed by atoms with E-state index in [2.05, 4.69) is 10.6 Å². The summed E-state index contributed by atoms with van der Waals surface area (Å²) >= 11 is 1.34. The molecule has 1 aromatic carbocycles. The summed E-state index contributed by atoms with van der Waals surface area (Å²) in [5, 5.41) is 14.4. The molecule has 5 N–H and O–H groups in total. The van der Waals surface area contributed by atoms with Gasteiger partial charge >= 0.3 is 5.97 Å². The summed E-state index contributed by atoms with van der Waals surface area (Å²) in [4.78, 5) is 50.0. The molecular formula is C19H24N4O5S. The predicted octanol–water partition coefficient (Wildman–Crippen LogP) is 0.667. The summed E-state index contributed by atoms with van der Waals surface area (Å²) in [7, 11) is 0. The molecular weight excluding hydrogens is 396 g/mol. The fraction of sp³-hybridized carbons (Fsp3) is 0.474. The third-order valence-electron chi connectivity index (χ3n) is 5.28. The van der Waals surface area contributed by atoms with Crippen molar-refractivity contribution in [1.82, 2.24) is 10.2 Å². The second-order valence-electron chi connectivity index (χ2n) is 7.96. The van der Waals surface area contributed by atoms with E-state index in [1.165, 1.54) is 23.6 Å². The molecule has 10 heteroatoms. The summed E-state index contributed by atoms with van der Waals surface area (Å²) < 4.78 is -0.700. The minimum absolute atomic E-state index is 0.300. The van der Waals surface area contributed by atoms with Gasteiger partial charge in [0.05, 0.1) is 0 Å². The molecule has 29 heavy (non-hydrogen) atoms. The number of thioether (sulfide) groups is 1. The number of carbonyl (C=O) groups is 4. The standard InChI is InChI=1S/C19H24N4O5S/c1-9(24)21-11-8-6-5-7-10(11)12(20)14(25)22-19(4)16(28)23-13(15(26)27)18(2,3)29-17(19)23/h5-8,12-13,17H,20H2,1-4H3,(H,21,24)(H,22,25)(H,26,27)/t12?,13-,17+,19?/m0/s1. The summed E-state index contributed by atoms with van der Waals surface area (Å²) in [5.74, 6) is -2.42. The Hall–Kier alpha value is -2.59. The highest BCUT2D eigenvalue weighted by Crippen LogP contribution is 2.54. The van der Waals surface area contributed by atoms with Crippen LogP contribution in [0.1, 0.15) is 39.3 Å². The molecule has 3 amide bonds. The molecule has 0 bridgehead atoms. The average Bonchev–Trinajstić information content (AvgIpc) is 2.90. The maximum Gasteiger partial charge on any atom is 0.327 e. The number of benzene rings is 1. The Kier molecular flexibility index (Phi) is 5.12. The van der Waals surface area contributed by atoms with Crippen LogP contribution in [0.4, 0.5) is 5.69 Å². The number of nitrogens with zero attached hydrogens (tertiary/aromatic N) is 1. The lowest BCUT2D eigenvalue weighted by Crippen LogP contribution is -2.78. The fourth-order valence-corrected chi connectivity index (χ4v) is 5.53. The number of carbonyl (C=O) groups excluding carboxylic acids is 3. The van der Waals surface area contributed by atoms with Gasteiger partial charge in [0.25, 0.3) is 5.91 Å². The topological polar surface area (TPSA) is 142 Å². The Bertz CT molecular complexity index is 904. The molecule has 0 aromatic heterocycles. The van der Waals surface area contributed by atoms with Gasteiger partial charge in [0.2, 0.25) is 11.8 Å². The first-order chi connectivity index (χ1) is 13.4. The number of carboxylic acids is 1. The molecule has 2 aliphatic rings. The lowest BCUT2D eigenvalue weighted by molar-refractivity contribution is -0.168. The van der Waals surface area contributed by atoms with Crippen molar-refractivity contribution in [2.24, 2.45) is 5.73 Å². The summed E-state index contributed by atoms with van der Waals surface area (Å²) in [6.07, 6.45) is 0. The van der Waals surface area contributed by atoms with Gasteiger partial charge in [-0.3, -0.25) is 14.4 Å². The smallest absolute Gasteiger partial charge is 0.327 e. The molecule has 2 heterocycles. The molecule has 3 rings (SSSR count). The normalized spacial score (nSPS) is 28.2. The number of hydrogen-bond donors (Lipinski definition) is 4. The molecule has 0 radical (unpaired) electrons. The lowest BCUT2D eigenvalue weighted by atomic mass is 9.85. The van der Waals surface area contributed by atoms with Gasteiger partial charge in [0.15, 0.2) is 0 Å². The van der Waals surface area contributed by atoms with E-state index in [0.29, 0.717) is 11.3 Å². The third-order valence-corrected chi connectivity index (χ3v) is 7.04. The van der Waals surface area contributed by atoms with Crippen molar-refractivity contribution in [3.63, 3.8) is 0 Å². The van der Waals surface area contributed by atoms with Crippen molar-refractivity contribution in [3.8, 4) is 0 Å². The van der Waals surface area contributed by atoms with Crippen LogP contribution in [0.2, 0.25) is 0 Å². The highest BCUT2D eigenvalue weighted by molar-refractivity contribution is 8.01. The number of anilines is 1. The molecule has 1 aromatic rings. The highest BCUT2D eigenvalue weighted by Gasteiger charge is 2.70. The largest absolute Gasteiger partial charge is 0.480 e. The molecule has 2 unspecified atom stereocenters. The van der Waals surface area contributed by atoms with Crippen molar-refractivity contribution >= 4 is 41.1 Å². The predicted molar refractivity (Wildman–Crippen MR) is 108 cm³/mol. The van der Waals surface area contributed by atoms with E-state index in [-0.39, 0.29) is 5.91 Å². The number of nitrogens with two attached hydrogens (primary N) is 1. The van der Waals surface area contributed by atoms with Gasteiger partial charge < -0.3 is 26.4 Å². The minimum atomic E-state index is -1.26. The van der Waals surface area contributed by atoms with E-state index < -0.39 is 45.5 Å². The monoisotopic (exact) mass is 420 g/mol. The number of hydrogen-bond acceptors (Lipinski definition) is 6. The van der Waals surface area contributed by atoms with E-state index in [4.69, 9.17) is 5.73 Å². The number of fused-ring (bicyclic) bond motifs is 1. The highest BCUT2D eigenvalue weighted by atomic mass is 32.2. The first kappa shape index (κ1) is 21.1. The fourth-order valence-electron chi connectivity index (χ4n) is 3.88. The number of aliphatic carboxylic acids is 1. The Morgan fingerprint density at radius 2 is 1.86 bits per heavy atom. The lowest BCUT2D eigenvalue weighted by Gasteiger charge is -2.51. The van der Waals surface area contributed by atoms with Crippen LogP contribution in [-0.2, 0) is 19.2 Å². The summed E-state index contributed by atoms with van der Waals surface area (Å²) in [6.45, 7) is 6.45. The van der Waals surface area contributed by atoms with E-state index in [1.54, 1.807) is 45.0 Å². The number of rotatable bonds is 5. The van der Waals surface area contributed by atoms with Crippen LogP contribution in [0.25, 0.3) is 0 Å². The quantitative estimate of drug-likeness (QED) is 0.513. The molecule has 2 aliphatic heterocycles. The molecule has 9 nitrogen and oxygen atoms in total. The van der Waals surface area contributed by atoms with Gasteiger partial charge in [-0.25, -0.2) is 4.79 Å². The SMILES string of the molecule is CC(=O)Nc1ccccc1C(N)C(=O)NC1(C)C(=O)N2[C@@H](C(=O)O)C(C)(C)S[C@@H]21. The van der Waals surface area contributed by atoms with Crippen LogP contribution in [0, 0.1) is 0 Å². The maximum atomic E-state index is 12.9. The molecule has 2 saturated heterocycles. The zero-order valence-electron chi connectivity index (χ0n) is 16.6. The summed E-state index contributed by atoms with van der Waals surface area (Å²) in [6, 6.07) is 4.57. The Balaban J connectivity index is 1.81. The minimum Gasteiger partial charge on any atom is -0.480 e. The van der Waals surface area contributed by atoms with Gasteiger partial charge in [0.1, 0.15) is 23.0 Å². The molecule has 4 atom stereocenters. The molecule has 0 aliphatic carbocycles. The van der Waals surface area contributed by atoms with Gasteiger partial charge in [-0.2, -0.15) is 0 Å². The second kappa shape index (κ2) is 7.03. The Morgan fingerprint density at radius 1 is 1.24 bits per heavy atom. The first-order valence-corrected chi connectivity index (χ1v) is 9.95. The average molecular weight is 420 g/mol. The Morgan fingerprint density at radius 3 is 2.45 bits per heavy atom.